The molecule has 9 aliphatic rings. The van der Waals surface area contributed by atoms with E-state index in [-0.39, 0.29) is 34.7 Å². The van der Waals surface area contributed by atoms with Crippen LogP contribution in [0.15, 0.2) is 0 Å². The summed E-state index contributed by atoms with van der Waals surface area (Å²) in [5.41, 5.74) is -0.267. The fourth-order valence-electron chi connectivity index (χ4n) is 14.7. The second kappa shape index (κ2) is 17.7. The van der Waals surface area contributed by atoms with Gasteiger partial charge in [-0.25, -0.2) is 0 Å². The summed E-state index contributed by atoms with van der Waals surface area (Å²) in [4.78, 5) is 0. The Hall–Kier alpha value is -0.720. The van der Waals surface area contributed by atoms with Gasteiger partial charge in [0, 0.05) is 12.3 Å². The zero-order chi connectivity index (χ0) is 45.1. The minimum Gasteiger partial charge on any atom is -0.394 e. The van der Waals surface area contributed by atoms with Crippen LogP contribution in [0, 0.1) is 52.3 Å². The van der Waals surface area contributed by atoms with Crippen LogP contribution in [0.2, 0.25) is 0 Å². The smallest absolute Gasteiger partial charge is 0.187 e. The lowest BCUT2D eigenvalue weighted by Gasteiger charge is -2.63. The zero-order valence-electron chi connectivity index (χ0n) is 37.2. The molecule has 0 aromatic heterocycles. The molecule has 9 rings (SSSR count). The van der Waals surface area contributed by atoms with Crippen LogP contribution < -0.4 is 0 Å². The van der Waals surface area contributed by atoms with Crippen molar-refractivity contribution in [2.75, 3.05) is 19.8 Å². The van der Waals surface area contributed by atoms with E-state index in [2.05, 4.69) is 27.7 Å². The molecule has 28 unspecified atom stereocenters. The molecule has 9 fully saturated rings. The highest BCUT2D eigenvalue weighted by atomic mass is 16.8. The quantitative estimate of drug-likeness (QED) is 0.134. The molecule has 0 aromatic rings. The molecular formula is C45H74O18. The topological polar surface area (TPSA) is 276 Å². The maximum Gasteiger partial charge on any atom is 0.187 e. The van der Waals surface area contributed by atoms with E-state index in [1.807, 2.05) is 0 Å². The van der Waals surface area contributed by atoms with Gasteiger partial charge in [-0.1, -0.05) is 27.7 Å². The van der Waals surface area contributed by atoms with Gasteiger partial charge in [-0.2, -0.15) is 0 Å². The fraction of sp³-hybridized carbons (Fsp3) is 1.00. The van der Waals surface area contributed by atoms with Gasteiger partial charge in [0.15, 0.2) is 24.7 Å². The molecule has 0 bridgehead atoms. The first-order valence-corrected chi connectivity index (χ1v) is 23.8. The summed E-state index contributed by atoms with van der Waals surface area (Å²) in [6.07, 6.45) is -17.4. The highest BCUT2D eigenvalue weighted by Gasteiger charge is 2.70. The molecule has 4 aliphatic carbocycles. The number of rotatable bonds is 8. The summed E-state index contributed by atoms with van der Waals surface area (Å²) in [5, 5.41) is 108. The summed E-state index contributed by atoms with van der Waals surface area (Å²) in [6, 6.07) is 0. The number of aliphatic hydroxyl groups is 10. The van der Waals surface area contributed by atoms with Crippen molar-refractivity contribution in [3.05, 3.63) is 0 Å². The molecule has 18 heteroatoms. The van der Waals surface area contributed by atoms with Crippen molar-refractivity contribution in [3.63, 3.8) is 0 Å². The van der Waals surface area contributed by atoms with Gasteiger partial charge >= 0.3 is 0 Å². The second-order valence-electron chi connectivity index (χ2n) is 21.6. The first kappa shape index (κ1) is 47.4. The predicted octanol–water partition coefficient (Wildman–Crippen LogP) is -0.735. The standard InChI is InChI=1S/C45H74O18/c1-18-6-11-45(56-17-18)19(2)30-27(63-45)14-24-22-13-26(25-12-21(48)7-9-43(25,4)23(22)8-10-44(24,30)5)58-42-39(62-40-36(54)34(52)31(49)20(3)57-40)38(33(51)29(16-47)60-42)61-41-37(55)35(53)32(50)28(15-46)59-41/h18-42,46-55H,6-17H2,1-5H3. The summed E-state index contributed by atoms with van der Waals surface area (Å²) in [5.74, 6) is 1.19. The lowest BCUT2D eigenvalue weighted by atomic mass is 9.43. The van der Waals surface area contributed by atoms with Crippen LogP contribution >= 0.6 is 0 Å². The summed E-state index contributed by atoms with van der Waals surface area (Å²) in [7, 11) is 0. The minimum atomic E-state index is -1.88. The monoisotopic (exact) mass is 902 g/mol. The van der Waals surface area contributed by atoms with Crippen LogP contribution in [0.3, 0.4) is 0 Å². The van der Waals surface area contributed by atoms with E-state index in [4.69, 9.17) is 37.9 Å². The lowest BCUT2D eigenvalue weighted by Crippen LogP contribution is -2.68. The molecule has 10 N–H and O–H groups in total. The SMILES string of the molecule is CC1CCC2(OC1)OC1CC3C4CC(OC5OC(CO)C(O)C(OC6OC(CO)C(O)C(O)C6O)C5OC5OC(C)C(O)C(O)C5O)C5CC(O)CCC5(C)C4CCC3(C)C1C2C. The van der Waals surface area contributed by atoms with E-state index < -0.39 is 123 Å². The number of hydrogen-bond acceptors (Lipinski definition) is 18. The first-order valence-electron chi connectivity index (χ1n) is 23.8. The maximum absolute atomic E-state index is 11.8. The van der Waals surface area contributed by atoms with Crippen LogP contribution in [0.1, 0.15) is 92.4 Å². The van der Waals surface area contributed by atoms with Crippen LogP contribution in [-0.2, 0) is 37.9 Å². The van der Waals surface area contributed by atoms with Crippen molar-refractivity contribution >= 4 is 0 Å². The largest absolute Gasteiger partial charge is 0.394 e. The molecule has 5 aliphatic heterocycles. The van der Waals surface area contributed by atoms with Gasteiger partial charge in [-0.15, -0.1) is 0 Å². The Morgan fingerprint density at radius 1 is 0.571 bits per heavy atom. The Balaban J connectivity index is 1.04. The Kier molecular flexibility index (Phi) is 13.3. The molecule has 5 heterocycles. The van der Waals surface area contributed by atoms with Crippen LogP contribution in [-0.4, -0.2) is 187 Å². The van der Waals surface area contributed by atoms with Gasteiger partial charge in [-0.05, 0) is 105 Å². The highest BCUT2D eigenvalue weighted by molar-refractivity contribution is 5.17. The number of hydrogen-bond donors (Lipinski definition) is 10. The zero-order valence-corrected chi connectivity index (χ0v) is 37.2. The molecule has 5 saturated heterocycles. The van der Waals surface area contributed by atoms with E-state index in [1.54, 1.807) is 0 Å². The van der Waals surface area contributed by atoms with Gasteiger partial charge in [-0.3, -0.25) is 0 Å². The fourth-order valence-corrected chi connectivity index (χ4v) is 14.7. The third-order valence-corrected chi connectivity index (χ3v) is 18.2. The van der Waals surface area contributed by atoms with Crippen molar-refractivity contribution in [3.8, 4) is 0 Å². The average molecular weight is 903 g/mol. The Morgan fingerprint density at radius 3 is 1.89 bits per heavy atom. The van der Waals surface area contributed by atoms with Gasteiger partial charge in [0.25, 0.3) is 0 Å². The van der Waals surface area contributed by atoms with Crippen molar-refractivity contribution in [1.82, 2.24) is 0 Å². The molecule has 4 saturated carbocycles. The maximum atomic E-state index is 11.8. The molecular weight excluding hydrogens is 828 g/mol. The third kappa shape index (κ3) is 7.79. The Labute approximate surface area is 369 Å². The Bertz CT molecular complexity index is 1580. The molecule has 63 heavy (non-hydrogen) atoms. The normalized spacial score (nSPS) is 59.4. The van der Waals surface area contributed by atoms with Crippen molar-refractivity contribution < 1.29 is 89.0 Å². The van der Waals surface area contributed by atoms with Gasteiger partial charge < -0.3 is 89.0 Å². The van der Waals surface area contributed by atoms with E-state index in [9.17, 15) is 51.1 Å². The predicted molar refractivity (Wildman–Crippen MR) is 216 cm³/mol. The van der Waals surface area contributed by atoms with E-state index in [0.717, 1.165) is 38.5 Å². The second-order valence-corrected chi connectivity index (χ2v) is 21.6. The summed E-state index contributed by atoms with van der Waals surface area (Å²) < 4.78 is 51.3. The minimum absolute atomic E-state index is 0.0247. The molecule has 1 spiro atoms. The average Bonchev–Trinajstić information content (AvgIpc) is 3.71. The molecule has 362 valence electrons. The van der Waals surface area contributed by atoms with Gasteiger partial charge in [0.1, 0.15) is 67.1 Å². The van der Waals surface area contributed by atoms with Crippen molar-refractivity contribution in [2.24, 2.45) is 52.3 Å². The molecule has 18 nitrogen and oxygen atoms in total. The molecule has 28 atom stereocenters. The van der Waals surface area contributed by atoms with Crippen LogP contribution in [0.4, 0.5) is 0 Å². The van der Waals surface area contributed by atoms with E-state index in [0.29, 0.717) is 49.5 Å². The van der Waals surface area contributed by atoms with Gasteiger partial charge in [0.05, 0.1) is 44.2 Å². The molecule has 0 radical (unpaired) electrons. The number of aliphatic hydroxyl groups excluding tert-OH is 10. The Morgan fingerprint density at radius 2 is 1.21 bits per heavy atom. The first-order chi connectivity index (χ1) is 29.8. The van der Waals surface area contributed by atoms with Crippen LogP contribution in [0.5, 0.6) is 0 Å². The molecule has 0 aromatic carbocycles. The molecule has 0 amide bonds. The van der Waals surface area contributed by atoms with E-state index in [1.165, 1.54) is 6.92 Å². The van der Waals surface area contributed by atoms with Crippen molar-refractivity contribution in [1.29, 1.82) is 0 Å². The lowest BCUT2D eigenvalue weighted by molar-refractivity contribution is -0.398. The summed E-state index contributed by atoms with van der Waals surface area (Å²) in [6.45, 7) is 10.0. The van der Waals surface area contributed by atoms with Crippen molar-refractivity contribution in [2.45, 2.75) is 209 Å². The number of ether oxygens (including phenoxy) is 8. The van der Waals surface area contributed by atoms with E-state index >= 15 is 0 Å². The third-order valence-electron chi connectivity index (χ3n) is 18.2. The highest BCUT2D eigenvalue weighted by Crippen LogP contribution is 2.71. The number of fused-ring (bicyclic) bond motifs is 7. The van der Waals surface area contributed by atoms with Gasteiger partial charge in [0.2, 0.25) is 0 Å². The summed E-state index contributed by atoms with van der Waals surface area (Å²) >= 11 is 0. The van der Waals surface area contributed by atoms with Crippen LogP contribution in [0.25, 0.3) is 0 Å².